The van der Waals surface area contributed by atoms with E-state index in [-0.39, 0.29) is 0 Å². The highest BCUT2D eigenvalue weighted by molar-refractivity contribution is 4.81. The standard InChI is InChI=1S/C18H40N2/c1-8-12-19-18(9-2)17(7)20(13-10-15(3)4)14-11-16(5)6/h15-19H,8-14H2,1-7H3. The van der Waals surface area contributed by atoms with Gasteiger partial charge in [0, 0.05) is 12.1 Å². The Morgan fingerprint density at radius 2 is 1.35 bits per heavy atom. The van der Waals surface area contributed by atoms with E-state index in [0.717, 1.165) is 18.4 Å². The van der Waals surface area contributed by atoms with E-state index in [9.17, 15) is 0 Å². The minimum Gasteiger partial charge on any atom is -0.312 e. The van der Waals surface area contributed by atoms with E-state index >= 15 is 0 Å². The van der Waals surface area contributed by atoms with Crippen molar-refractivity contribution in [3.8, 4) is 0 Å². The summed E-state index contributed by atoms with van der Waals surface area (Å²) in [5.74, 6) is 1.60. The first-order chi connectivity index (χ1) is 9.42. The molecule has 2 nitrogen and oxygen atoms in total. The molecule has 0 saturated heterocycles. The Morgan fingerprint density at radius 3 is 1.70 bits per heavy atom. The van der Waals surface area contributed by atoms with Gasteiger partial charge in [-0.25, -0.2) is 0 Å². The smallest absolute Gasteiger partial charge is 0.0220 e. The van der Waals surface area contributed by atoms with Crippen molar-refractivity contribution in [1.82, 2.24) is 10.2 Å². The Labute approximate surface area is 128 Å². The second-order valence-electron chi connectivity index (χ2n) is 7.11. The lowest BCUT2D eigenvalue weighted by Gasteiger charge is -2.36. The van der Waals surface area contributed by atoms with Crippen LogP contribution >= 0.6 is 0 Å². The lowest BCUT2D eigenvalue weighted by atomic mass is 10.0. The SMILES string of the molecule is CCCNC(CC)C(C)N(CCC(C)C)CCC(C)C. The van der Waals surface area contributed by atoms with Crippen LogP contribution in [-0.4, -0.2) is 36.6 Å². The first-order valence-electron chi connectivity index (χ1n) is 8.89. The summed E-state index contributed by atoms with van der Waals surface area (Å²) in [5.41, 5.74) is 0. The second-order valence-corrected chi connectivity index (χ2v) is 7.11. The summed E-state index contributed by atoms with van der Waals surface area (Å²) < 4.78 is 0. The van der Waals surface area contributed by atoms with Gasteiger partial charge in [-0.05, 0) is 64.1 Å². The van der Waals surface area contributed by atoms with Crippen LogP contribution in [0.15, 0.2) is 0 Å². The number of rotatable bonds is 12. The van der Waals surface area contributed by atoms with Crippen LogP contribution in [0.5, 0.6) is 0 Å². The quantitative estimate of drug-likeness (QED) is 0.566. The summed E-state index contributed by atoms with van der Waals surface area (Å²) in [5, 5.41) is 3.73. The zero-order valence-corrected chi connectivity index (χ0v) is 15.2. The first-order valence-corrected chi connectivity index (χ1v) is 8.89. The predicted molar refractivity (Wildman–Crippen MR) is 92.3 cm³/mol. The molecule has 0 aliphatic rings. The van der Waals surface area contributed by atoms with E-state index in [4.69, 9.17) is 0 Å². The van der Waals surface area contributed by atoms with Crippen LogP contribution in [0.25, 0.3) is 0 Å². The van der Waals surface area contributed by atoms with Crippen LogP contribution in [0.4, 0.5) is 0 Å². The van der Waals surface area contributed by atoms with Crippen LogP contribution in [0.2, 0.25) is 0 Å². The molecule has 2 unspecified atom stereocenters. The Balaban J connectivity index is 4.51. The summed E-state index contributed by atoms with van der Waals surface area (Å²) in [6.07, 6.45) is 5.07. The first kappa shape index (κ1) is 19.9. The van der Waals surface area contributed by atoms with Crippen LogP contribution in [0, 0.1) is 11.8 Å². The van der Waals surface area contributed by atoms with Gasteiger partial charge in [0.2, 0.25) is 0 Å². The molecule has 2 heteroatoms. The molecule has 1 N–H and O–H groups in total. The Hall–Kier alpha value is -0.0800. The van der Waals surface area contributed by atoms with Crippen molar-refractivity contribution in [2.75, 3.05) is 19.6 Å². The van der Waals surface area contributed by atoms with Crippen molar-refractivity contribution in [2.45, 2.75) is 86.2 Å². The fraction of sp³-hybridized carbons (Fsp3) is 1.00. The summed E-state index contributed by atoms with van der Waals surface area (Å²) in [6.45, 7) is 19.9. The Morgan fingerprint density at radius 1 is 0.850 bits per heavy atom. The topological polar surface area (TPSA) is 15.3 Å². The number of nitrogens with one attached hydrogen (secondary N) is 1. The van der Waals surface area contributed by atoms with Gasteiger partial charge >= 0.3 is 0 Å². The van der Waals surface area contributed by atoms with Gasteiger partial charge in [-0.3, -0.25) is 4.90 Å². The summed E-state index contributed by atoms with van der Waals surface area (Å²) >= 11 is 0. The van der Waals surface area contributed by atoms with Crippen molar-refractivity contribution in [3.05, 3.63) is 0 Å². The van der Waals surface area contributed by atoms with Crippen molar-refractivity contribution in [2.24, 2.45) is 11.8 Å². The number of hydrogen-bond donors (Lipinski definition) is 1. The highest BCUT2D eigenvalue weighted by atomic mass is 15.2. The molecule has 0 spiro atoms. The van der Waals surface area contributed by atoms with Gasteiger partial charge in [0.15, 0.2) is 0 Å². The lowest BCUT2D eigenvalue weighted by molar-refractivity contribution is 0.151. The van der Waals surface area contributed by atoms with E-state index in [1.54, 1.807) is 0 Å². The molecule has 0 fully saturated rings. The largest absolute Gasteiger partial charge is 0.312 e. The van der Waals surface area contributed by atoms with Gasteiger partial charge in [-0.15, -0.1) is 0 Å². The molecule has 0 saturated carbocycles. The van der Waals surface area contributed by atoms with Crippen molar-refractivity contribution < 1.29 is 0 Å². The maximum atomic E-state index is 3.73. The third-order valence-electron chi connectivity index (χ3n) is 4.24. The molecule has 0 radical (unpaired) electrons. The van der Waals surface area contributed by atoms with Gasteiger partial charge in [0.1, 0.15) is 0 Å². The van der Waals surface area contributed by atoms with Crippen LogP contribution in [0.1, 0.15) is 74.1 Å². The molecule has 0 aromatic heterocycles. The Kier molecular flexibility index (Phi) is 11.5. The third-order valence-corrected chi connectivity index (χ3v) is 4.24. The summed E-state index contributed by atoms with van der Waals surface area (Å²) in [6, 6.07) is 1.28. The highest BCUT2D eigenvalue weighted by Gasteiger charge is 2.21. The fourth-order valence-electron chi connectivity index (χ4n) is 2.61. The van der Waals surface area contributed by atoms with Crippen LogP contribution in [-0.2, 0) is 0 Å². The fourth-order valence-corrected chi connectivity index (χ4v) is 2.61. The molecule has 0 heterocycles. The van der Waals surface area contributed by atoms with Crippen LogP contribution < -0.4 is 5.32 Å². The van der Waals surface area contributed by atoms with Crippen molar-refractivity contribution in [1.29, 1.82) is 0 Å². The minimum absolute atomic E-state index is 0.634. The number of nitrogens with zero attached hydrogens (tertiary/aromatic N) is 1. The zero-order chi connectivity index (χ0) is 15.5. The molecule has 0 aromatic rings. The highest BCUT2D eigenvalue weighted by Crippen LogP contribution is 2.14. The molecule has 0 rings (SSSR count). The molecule has 0 aliphatic heterocycles. The lowest BCUT2D eigenvalue weighted by Crippen LogP contribution is -2.49. The van der Waals surface area contributed by atoms with Crippen LogP contribution in [0.3, 0.4) is 0 Å². The maximum absolute atomic E-state index is 3.73. The van der Waals surface area contributed by atoms with E-state index in [1.165, 1.54) is 38.8 Å². The van der Waals surface area contributed by atoms with Gasteiger partial charge in [0.05, 0.1) is 0 Å². The molecule has 122 valence electrons. The van der Waals surface area contributed by atoms with E-state index in [2.05, 4.69) is 58.7 Å². The molecule has 0 aromatic carbocycles. The molecule has 2 atom stereocenters. The predicted octanol–water partition coefficient (Wildman–Crippen LogP) is 4.55. The average molecular weight is 285 g/mol. The molecule has 0 aliphatic carbocycles. The molecule has 0 amide bonds. The summed E-state index contributed by atoms with van der Waals surface area (Å²) in [7, 11) is 0. The van der Waals surface area contributed by atoms with E-state index in [0.29, 0.717) is 12.1 Å². The molecule has 0 bridgehead atoms. The van der Waals surface area contributed by atoms with Crippen molar-refractivity contribution >= 4 is 0 Å². The van der Waals surface area contributed by atoms with Crippen molar-refractivity contribution in [3.63, 3.8) is 0 Å². The van der Waals surface area contributed by atoms with E-state index < -0.39 is 0 Å². The molecular weight excluding hydrogens is 244 g/mol. The van der Waals surface area contributed by atoms with Gasteiger partial charge < -0.3 is 5.32 Å². The second kappa shape index (κ2) is 11.6. The normalized spacial score (nSPS) is 15.3. The monoisotopic (exact) mass is 284 g/mol. The van der Waals surface area contributed by atoms with E-state index in [1.807, 2.05) is 0 Å². The Bertz CT molecular complexity index is 201. The van der Waals surface area contributed by atoms with Gasteiger partial charge in [0.25, 0.3) is 0 Å². The zero-order valence-electron chi connectivity index (χ0n) is 15.2. The summed E-state index contributed by atoms with van der Waals surface area (Å²) in [4.78, 5) is 2.72. The van der Waals surface area contributed by atoms with Gasteiger partial charge in [-0.2, -0.15) is 0 Å². The third kappa shape index (κ3) is 8.97. The maximum Gasteiger partial charge on any atom is 0.0220 e. The van der Waals surface area contributed by atoms with Gasteiger partial charge in [-0.1, -0.05) is 41.5 Å². The molecule has 20 heavy (non-hydrogen) atoms. The minimum atomic E-state index is 0.634. The average Bonchev–Trinajstić information content (AvgIpc) is 2.38. The number of hydrogen-bond acceptors (Lipinski definition) is 2. The molecular formula is C18H40N2.